The van der Waals surface area contributed by atoms with Gasteiger partial charge in [0.1, 0.15) is 12.3 Å². The third-order valence-corrected chi connectivity index (χ3v) is 4.36. The van der Waals surface area contributed by atoms with E-state index in [0.717, 1.165) is 44.4 Å². The molecule has 0 amide bonds. The highest BCUT2D eigenvalue weighted by molar-refractivity contribution is 14.0. The maximum atomic E-state index is 5.33. The van der Waals surface area contributed by atoms with E-state index < -0.39 is 0 Å². The molecule has 1 aromatic heterocycles. The van der Waals surface area contributed by atoms with Crippen molar-refractivity contribution in [3.63, 3.8) is 0 Å². The van der Waals surface area contributed by atoms with Crippen LogP contribution in [0.15, 0.2) is 27.8 Å². The molecule has 2 rings (SSSR count). The SMILES string of the molecule is CCNC(=NCc1ccco1)NCC(C)N1CCN(CC)CC1.I. The van der Waals surface area contributed by atoms with Gasteiger partial charge in [0.25, 0.3) is 0 Å². The van der Waals surface area contributed by atoms with E-state index in [1.54, 1.807) is 6.26 Å². The molecule has 0 saturated carbocycles. The number of rotatable bonds is 7. The first kappa shape index (κ1) is 21.2. The summed E-state index contributed by atoms with van der Waals surface area (Å²) in [6, 6.07) is 4.34. The standard InChI is InChI=1S/C17H31N5O.HI/c1-4-18-17(20-14-16-7-6-12-23-16)19-13-15(3)22-10-8-21(5-2)9-11-22;/h6-7,12,15H,4-5,8-11,13-14H2,1-3H3,(H2,18,19,20);1H. The molecule has 24 heavy (non-hydrogen) atoms. The topological polar surface area (TPSA) is 56.0 Å². The van der Waals surface area contributed by atoms with E-state index in [4.69, 9.17) is 4.42 Å². The van der Waals surface area contributed by atoms with Gasteiger partial charge in [-0.05, 0) is 32.5 Å². The summed E-state index contributed by atoms with van der Waals surface area (Å²) in [5.74, 6) is 1.73. The number of hydrogen-bond donors (Lipinski definition) is 2. The second-order valence-electron chi connectivity index (χ2n) is 5.97. The molecule has 1 saturated heterocycles. The van der Waals surface area contributed by atoms with Crippen LogP contribution in [0.4, 0.5) is 0 Å². The fraction of sp³-hybridized carbons (Fsp3) is 0.706. The van der Waals surface area contributed by atoms with Crippen molar-refractivity contribution in [2.24, 2.45) is 4.99 Å². The van der Waals surface area contributed by atoms with Gasteiger partial charge in [-0.3, -0.25) is 4.90 Å². The van der Waals surface area contributed by atoms with Gasteiger partial charge in [-0.1, -0.05) is 6.92 Å². The molecule has 1 atom stereocenters. The number of hydrogen-bond acceptors (Lipinski definition) is 4. The molecule has 138 valence electrons. The number of furan rings is 1. The van der Waals surface area contributed by atoms with Crippen LogP contribution in [0.25, 0.3) is 0 Å². The highest BCUT2D eigenvalue weighted by atomic mass is 127. The smallest absolute Gasteiger partial charge is 0.191 e. The fourth-order valence-corrected chi connectivity index (χ4v) is 2.80. The van der Waals surface area contributed by atoms with Crippen LogP contribution in [0.5, 0.6) is 0 Å². The Morgan fingerprint density at radius 1 is 1.25 bits per heavy atom. The average Bonchev–Trinajstić information content (AvgIpc) is 3.10. The van der Waals surface area contributed by atoms with E-state index in [0.29, 0.717) is 12.6 Å². The molecule has 0 spiro atoms. The lowest BCUT2D eigenvalue weighted by molar-refractivity contribution is 0.107. The van der Waals surface area contributed by atoms with Gasteiger partial charge in [0.15, 0.2) is 5.96 Å². The minimum Gasteiger partial charge on any atom is -0.467 e. The maximum absolute atomic E-state index is 5.33. The predicted molar refractivity (Wildman–Crippen MR) is 110 cm³/mol. The van der Waals surface area contributed by atoms with Crippen molar-refractivity contribution in [1.82, 2.24) is 20.4 Å². The van der Waals surface area contributed by atoms with E-state index in [9.17, 15) is 0 Å². The van der Waals surface area contributed by atoms with Gasteiger partial charge < -0.3 is 20.0 Å². The molecule has 2 heterocycles. The summed E-state index contributed by atoms with van der Waals surface area (Å²) in [5.41, 5.74) is 0. The average molecular weight is 449 g/mol. The lowest BCUT2D eigenvalue weighted by atomic mass is 10.2. The Labute approximate surface area is 163 Å². The molecule has 0 aliphatic carbocycles. The first-order valence-electron chi connectivity index (χ1n) is 8.73. The summed E-state index contributed by atoms with van der Waals surface area (Å²) in [5, 5.41) is 6.74. The minimum atomic E-state index is 0. The van der Waals surface area contributed by atoms with E-state index in [2.05, 4.69) is 46.2 Å². The fourth-order valence-electron chi connectivity index (χ4n) is 2.80. The summed E-state index contributed by atoms with van der Waals surface area (Å²) < 4.78 is 5.33. The molecular formula is C17H32IN5O. The summed E-state index contributed by atoms with van der Waals surface area (Å²) in [7, 11) is 0. The van der Waals surface area contributed by atoms with Gasteiger partial charge in [0.2, 0.25) is 0 Å². The first-order chi connectivity index (χ1) is 11.2. The molecule has 7 heteroatoms. The van der Waals surface area contributed by atoms with Gasteiger partial charge in [0, 0.05) is 45.3 Å². The zero-order valence-corrected chi connectivity index (χ0v) is 17.5. The monoisotopic (exact) mass is 449 g/mol. The van der Waals surface area contributed by atoms with E-state index >= 15 is 0 Å². The first-order valence-corrected chi connectivity index (χ1v) is 8.73. The Morgan fingerprint density at radius 2 is 2.00 bits per heavy atom. The van der Waals surface area contributed by atoms with Gasteiger partial charge in [-0.25, -0.2) is 4.99 Å². The predicted octanol–water partition coefficient (Wildman–Crippen LogP) is 1.98. The number of likely N-dealkylation sites (N-methyl/N-ethyl adjacent to an activating group) is 1. The molecule has 6 nitrogen and oxygen atoms in total. The maximum Gasteiger partial charge on any atom is 0.191 e. The molecule has 0 bridgehead atoms. The molecule has 0 aromatic carbocycles. The Balaban J connectivity index is 0.00000288. The molecule has 1 aromatic rings. The third-order valence-electron chi connectivity index (χ3n) is 4.36. The second-order valence-corrected chi connectivity index (χ2v) is 5.97. The van der Waals surface area contributed by atoms with Gasteiger partial charge in [-0.2, -0.15) is 0 Å². The Morgan fingerprint density at radius 3 is 2.58 bits per heavy atom. The van der Waals surface area contributed by atoms with Gasteiger partial charge in [0.05, 0.1) is 6.26 Å². The zero-order chi connectivity index (χ0) is 16.5. The van der Waals surface area contributed by atoms with Crippen LogP contribution < -0.4 is 10.6 Å². The second kappa shape index (κ2) is 11.7. The highest BCUT2D eigenvalue weighted by Gasteiger charge is 2.20. The van der Waals surface area contributed by atoms with Crippen LogP contribution in [-0.2, 0) is 6.54 Å². The van der Waals surface area contributed by atoms with E-state index in [1.807, 2.05) is 12.1 Å². The Kier molecular flexibility index (Phi) is 10.4. The Bertz CT molecular complexity index is 458. The number of guanidine groups is 1. The van der Waals surface area contributed by atoms with Gasteiger partial charge >= 0.3 is 0 Å². The van der Waals surface area contributed by atoms with Crippen LogP contribution in [-0.4, -0.2) is 67.6 Å². The molecule has 2 N–H and O–H groups in total. The molecule has 1 aliphatic rings. The van der Waals surface area contributed by atoms with Crippen molar-refractivity contribution in [3.05, 3.63) is 24.2 Å². The number of nitrogens with one attached hydrogen (secondary N) is 2. The number of piperazine rings is 1. The van der Waals surface area contributed by atoms with Crippen molar-refractivity contribution < 1.29 is 4.42 Å². The summed E-state index contributed by atoms with van der Waals surface area (Å²) in [6.45, 7) is 14.7. The van der Waals surface area contributed by atoms with Crippen molar-refractivity contribution >= 4 is 29.9 Å². The minimum absolute atomic E-state index is 0. The largest absolute Gasteiger partial charge is 0.467 e. The van der Waals surface area contributed by atoms with E-state index in [-0.39, 0.29) is 24.0 Å². The van der Waals surface area contributed by atoms with Crippen molar-refractivity contribution in [1.29, 1.82) is 0 Å². The molecule has 0 radical (unpaired) electrons. The lowest BCUT2D eigenvalue weighted by Gasteiger charge is -2.37. The molecule has 1 unspecified atom stereocenters. The van der Waals surface area contributed by atoms with Crippen molar-refractivity contribution in [3.8, 4) is 0 Å². The van der Waals surface area contributed by atoms with Crippen LogP contribution in [0, 0.1) is 0 Å². The normalized spacial score (nSPS) is 18.0. The summed E-state index contributed by atoms with van der Waals surface area (Å²) in [4.78, 5) is 9.63. The molecule has 1 fully saturated rings. The molecular weight excluding hydrogens is 417 g/mol. The zero-order valence-electron chi connectivity index (χ0n) is 15.1. The van der Waals surface area contributed by atoms with Crippen LogP contribution in [0.2, 0.25) is 0 Å². The van der Waals surface area contributed by atoms with Crippen LogP contribution in [0.3, 0.4) is 0 Å². The number of halogens is 1. The lowest BCUT2D eigenvalue weighted by Crippen LogP contribution is -2.53. The molecule has 1 aliphatic heterocycles. The van der Waals surface area contributed by atoms with Gasteiger partial charge in [-0.15, -0.1) is 24.0 Å². The van der Waals surface area contributed by atoms with Crippen molar-refractivity contribution in [2.45, 2.75) is 33.4 Å². The van der Waals surface area contributed by atoms with Crippen molar-refractivity contribution in [2.75, 3.05) is 45.8 Å². The quantitative estimate of drug-likeness (QED) is 0.379. The van der Waals surface area contributed by atoms with Crippen LogP contribution in [0.1, 0.15) is 26.5 Å². The van der Waals surface area contributed by atoms with Crippen LogP contribution >= 0.6 is 24.0 Å². The number of nitrogens with zero attached hydrogens (tertiary/aromatic N) is 3. The Hall–Kier alpha value is -0.800. The highest BCUT2D eigenvalue weighted by Crippen LogP contribution is 2.05. The number of aliphatic imine (C=N–C) groups is 1. The third kappa shape index (κ3) is 6.98. The van der Waals surface area contributed by atoms with E-state index in [1.165, 1.54) is 13.1 Å². The summed E-state index contributed by atoms with van der Waals surface area (Å²) in [6.07, 6.45) is 1.68. The summed E-state index contributed by atoms with van der Waals surface area (Å²) >= 11 is 0.